The summed E-state index contributed by atoms with van der Waals surface area (Å²) in [4.78, 5) is 20.6. The van der Waals surface area contributed by atoms with E-state index in [4.69, 9.17) is 10.5 Å². The number of hydrogen-bond acceptors (Lipinski definition) is 9. The number of nitrogens with zero attached hydrogens (tertiary/aromatic N) is 6. The van der Waals surface area contributed by atoms with Crippen molar-refractivity contribution in [2.75, 3.05) is 43.4 Å². The number of ether oxygens (including phenoxy) is 1. The van der Waals surface area contributed by atoms with E-state index in [1.165, 1.54) is 12.3 Å². The second-order valence-corrected chi connectivity index (χ2v) is 12.2. The first-order valence-corrected chi connectivity index (χ1v) is 14.4. The maximum atomic E-state index is 14.5. The van der Waals surface area contributed by atoms with Crippen molar-refractivity contribution >= 4 is 22.5 Å². The Balaban J connectivity index is 1.33. The van der Waals surface area contributed by atoms with Crippen LogP contribution in [0.4, 0.5) is 42.4 Å². The fourth-order valence-electron chi connectivity index (χ4n) is 7.38. The van der Waals surface area contributed by atoms with E-state index in [0.717, 1.165) is 13.0 Å². The van der Waals surface area contributed by atoms with Crippen molar-refractivity contribution in [3.8, 4) is 17.4 Å². The highest BCUT2D eigenvalue weighted by atomic mass is 19.4. The number of fused-ring (bicyclic) bond motifs is 4. The monoisotopic (exact) mass is 626 g/mol. The van der Waals surface area contributed by atoms with Gasteiger partial charge in [0.15, 0.2) is 0 Å². The summed E-state index contributed by atoms with van der Waals surface area (Å²) in [6.07, 6.45) is -4.88. The molecule has 3 aromatic heterocycles. The molecule has 4 aliphatic heterocycles. The summed E-state index contributed by atoms with van der Waals surface area (Å²) in [5.74, 6) is -1.86. The molecule has 236 valence electrons. The van der Waals surface area contributed by atoms with Crippen molar-refractivity contribution in [1.29, 1.82) is 0 Å². The molecular formula is C28H29F7N8O. The number of pyridine rings is 2. The standard InChI is InChI=1S/C28H29F7N8O/c29-14-8-26(3-1-5-43(26)10-14)13-44-25-38-18-7-19(22-21(28(33,34)35)17(30)6-20(36)39-22)37-9-16(18)23(40-25)42-11-15-2-4-27(12-42,41-15)24(31)32/h6-7,9,14-15,24,41H,1-5,8,10-13H2,(H2,36,39). The molecule has 0 aliphatic carbocycles. The zero-order chi connectivity index (χ0) is 31.0. The molecule has 0 radical (unpaired) electrons. The van der Waals surface area contributed by atoms with Gasteiger partial charge in [0.05, 0.1) is 27.7 Å². The summed E-state index contributed by atoms with van der Waals surface area (Å²) in [5, 5.41) is 3.31. The summed E-state index contributed by atoms with van der Waals surface area (Å²) < 4.78 is 105. The molecule has 4 fully saturated rings. The van der Waals surface area contributed by atoms with Crippen LogP contribution in [-0.4, -0.2) is 87.3 Å². The van der Waals surface area contributed by atoms with Gasteiger partial charge in [0, 0.05) is 44.4 Å². The number of piperazine rings is 1. The van der Waals surface area contributed by atoms with Gasteiger partial charge in [-0.1, -0.05) is 0 Å². The lowest BCUT2D eigenvalue weighted by molar-refractivity contribution is -0.139. The Hall–Kier alpha value is -3.53. The number of rotatable bonds is 6. The minimum absolute atomic E-state index is 0.0711. The van der Waals surface area contributed by atoms with Crippen molar-refractivity contribution in [3.63, 3.8) is 0 Å². The third kappa shape index (κ3) is 4.86. The molecular weight excluding hydrogens is 597 g/mol. The van der Waals surface area contributed by atoms with Gasteiger partial charge < -0.3 is 20.7 Å². The van der Waals surface area contributed by atoms with Crippen LogP contribution >= 0.6 is 0 Å². The molecule has 7 heterocycles. The Labute approximate surface area is 247 Å². The van der Waals surface area contributed by atoms with Crippen LogP contribution in [0.5, 0.6) is 6.01 Å². The van der Waals surface area contributed by atoms with Crippen LogP contribution in [0.3, 0.4) is 0 Å². The van der Waals surface area contributed by atoms with Gasteiger partial charge in [-0.05, 0) is 38.3 Å². The highest BCUT2D eigenvalue weighted by molar-refractivity contribution is 5.91. The van der Waals surface area contributed by atoms with E-state index in [0.29, 0.717) is 32.0 Å². The van der Waals surface area contributed by atoms with Gasteiger partial charge in [-0.15, -0.1) is 0 Å². The minimum atomic E-state index is -5.10. The van der Waals surface area contributed by atoms with E-state index in [1.54, 1.807) is 4.90 Å². The zero-order valence-corrected chi connectivity index (χ0v) is 23.3. The van der Waals surface area contributed by atoms with Crippen LogP contribution in [-0.2, 0) is 6.18 Å². The molecule has 9 nitrogen and oxygen atoms in total. The maximum absolute atomic E-state index is 14.5. The van der Waals surface area contributed by atoms with Crippen molar-refractivity contribution in [2.45, 2.75) is 68.0 Å². The van der Waals surface area contributed by atoms with Gasteiger partial charge in [-0.2, -0.15) is 23.1 Å². The molecule has 44 heavy (non-hydrogen) atoms. The van der Waals surface area contributed by atoms with Crippen LogP contribution in [0.15, 0.2) is 18.3 Å². The third-order valence-electron chi connectivity index (χ3n) is 9.35. The number of nitrogens with two attached hydrogens (primary N) is 1. The number of aromatic nitrogens is 4. The van der Waals surface area contributed by atoms with E-state index in [2.05, 4.69) is 25.3 Å². The van der Waals surface area contributed by atoms with Crippen molar-refractivity contribution < 1.29 is 35.5 Å². The number of anilines is 2. The summed E-state index contributed by atoms with van der Waals surface area (Å²) in [6, 6.07) is 1.29. The van der Waals surface area contributed by atoms with Crippen LogP contribution in [0.2, 0.25) is 0 Å². The molecule has 4 atom stereocenters. The summed E-state index contributed by atoms with van der Waals surface area (Å²) in [5.41, 5.74) is 0.865. The fraction of sp³-hybridized carbons (Fsp3) is 0.571. The second kappa shape index (κ2) is 10.3. The van der Waals surface area contributed by atoms with Gasteiger partial charge in [-0.3, -0.25) is 9.88 Å². The van der Waals surface area contributed by atoms with Crippen LogP contribution in [0.25, 0.3) is 22.3 Å². The van der Waals surface area contributed by atoms with Gasteiger partial charge in [0.25, 0.3) is 6.43 Å². The Morgan fingerprint density at radius 2 is 1.95 bits per heavy atom. The van der Waals surface area contributed by atoms with Gasteiger partial charge in [0.1, 0.15) is 41.5 Å². The van der Waals surface area contributed by atoms with E-state index in [9.17, 15) is 30.7 Å². The van der Waals surface area contributed by atoms with E-state index in [1.807, 2.05) is 4.90 Å². The Morgan fingerprint density at radius 1 is 1.14 bits per heavy atom. The molecule has 7 rings (SSSR count). The van der Waals surface area contributed by atoms with E-state index < -0.39 is 52.7 Å². The average Bonchev–Trinajstić information content (AvgIpc) is 3.59. The zero-order valence-electron chi connectivity index (χ0n) is 23.3. The van der Waals surface area contributed by atoms with Crippen LogP contribution in [0.1, 0.15) is 37.7 Å². The van der Waals surface area contributed by atoms with Gasteiger partial charge in [0.2, 0.25) is 0 Å². The molecule has 3 N–H and O–H groups in total. The van der Waals surface area contributed by atoms with Crippen LogP contribution in [0, 0.1) is 5.82 Å². The SMILES string of the molecule is Nc1cc(F)c(C(F)(F)F)c(-c2cc3nc(OCC45CCCN4CC(F)C5)nc(N4CC5CCC(C(F)F)(C4)N5)c3cn2)n1. The highest BCUT2D eigenvalue weighted by Crippen LogP contribution is 2.43. The van der Waals surface area contributed by atoms with E-state index in [-0.39, 0.29) is 60.5 Å². The number of nitrogen functional groups attached to an aromatic ring is 1. The number of hydrogen-bond donors (Lipinski definition) is 2. The molecule has 2 bridgehead atoms. The first kappa shape index (κ1) is 29.2. The summed E-state index contributed by atoms with van der Waals surface area (Å²) >= 11 is 0. The first-order chi connectivity index (χ1) is 20.9. The highest BCUT2D eigenvalue weighted by Gasteiger charge is 2.52. The topological polar surface area (TPSA) is 105 Å². The second-order valence-electron chi connectivity index (χ2n) is 12.2. The van der Waals surface area contributed by atoms with Crippen molar-refractivity contribution in [1.82, 2.24) is 30.2 Å². The normalized spacial score (nSPS) is 28.8. The Morgan fingerprint density at radius 3 is 2.73 bits per heavy atom. The quantitative estimate of drug-likeness (QED) is 0.387. The van der Waals surface area contributed by atoms with Crippen LogP contribution < -0.4 is 20.7 Å². The number of alkyl halides is 6. The largest absolute Gasteiger partial charge is 0.461 e. The number of nitrogens with one attached hydrogen (secondary N) is 1. The predicted molar refractivity (Wildman–Crippen MR) is 146 cm³/mol. The summed E-state index contributed by atoms with van der Waals surface area (Å²) in [6.45, 7) is 1.35. The van der Waals surface area contributed by atoms with Crippen molar-refractivity contribution in [3.05, 3.63) is 29.7 Å². The smallest absolute Gasteiger partial charge is 0.421 e. The molecule has 0 spiro atoms. The molecule has 4 aliphatic rings. The molecule has 16 heteroatoms. The van der Waals surface area contributed by atoms with Gasteiger partial charge >= 0.3 is 12.2 Å². The summed E-state index contributed by atoms with van der Waals surface area (Å²) in [7, 11) is 0. The average molecular weight is 627 g/mol. The molecule has 0 aromatic carbocycles. The third-order valence-corrected chi connectivity index (χ3v) is 9.35. The maximum Gasteiger partial charge on any atom is 0.421 e. The lowest BCUT2D eigenvalue weighted by Gasteiger charge is -2.41. The van der Waals surface area contributed by atoms with Crippen molar-refractivity contribution in [2.24, 2.45) is 0 Å². The first-order valence-electron chi connectivity index (χ1n) is 14.4. The van der Waals surface area contributed by atoms with E-state index >= 15 is 0 Å². The fourth-order valence-corrected chi connectivity index (χ4v) is 7.38. The van der Waals surface area contributed by atoms with Gasteiger partial charge in [-0.25, -0.2) is 22.5 Å². The molecule has 4 unspecified atom stereocenters. The number of halogens is 7. The predicted octanol–water partition coefficient (Wildman–Crippen LogP) is 4.36. The molecule has 3 aromatic rings. The molecule has 4 saturated heterocycles. The lowest BCUT2D eigenvalue weighted by Crippen LogP contribution is -2.63. The molecule has 0 amide bonds. The minimum Gasteiger partial charge on any atom is -0.461 e. The Bertz CT molecular complexity index is 1610. The molecule has 0 saturated carbocycles. The Kier molecular flexibility index (Phi) is 6.81. The lowest BCUT2D eigenvalue weighted by atomic mass is 9.95.